The number of ether oxygens (including phenoxy) is 3. The Morgan fingerprint density at radius 2 is 1.71 bits per heavy atom. The van der Waals surface area contributed by atoms with Crippen molar-refractivity contribution in [3.05, 3.63) is 17.7 Å². The molecule has 9 heteroatoms. The van der Waals surface area contributed by atoms with Gasteiger partial charge >= 0.3 is 51.4 Å². The third kappa shape index (κ3) is 6.45. The Bertz CT molecular complexity index is 544. The van der Waals surface area contributed by atoms with E-state index in [0.29, 0.717) is 23.0 Å². The Balaban J connectivity index is 0.00000529. The van der Waals surface area contributed by atoms with Crippen LogP contribution in [0.2, 0.25) is 0 Å². The molecule has 1 aromatic carbocycles. The van der Waals surface area contributed by atoms with Crippen LogP contribution in [0.5, 0.6) is 17.2 Å². The van der Waals surface area contributed by atoms with Crippen molar-refractivity contribution < 1.29 is 80.3 Å². The second-order valence-electron chi connectivity index (χ2n) is 4.54. The number of benzene rings is 1. The summed E-state index contributed by atoms with van der Waals surface area (Å²) in [5.41, 5.74) is 0.204. The maximum Gasteiger partial charge on any atom is 1.00 e. The number of thioether (sulfide) groups is 1. The first-order chi connectivity index (χ1) is 11.0. The molecule has 1 N–H and O–H groups in total. The number of hydrogen-bond donors (Lipinski definition) is 1. The third-order valence-electron chi connectivity index (χ3n) is 3.13. The molecule has 1 atom stereocenters. The van der Waals surface area contributed by atoms with Crippen LogP contribution in [-0.4, -0.2) is 51.3 Å². The van der Waals surface area contributed by atoms with E-state index in [9.17, 15) is 14.7 Å². The molecule has 0 heterocycles. The molecule has 1 rings (SSSR count). The van der Waals surface area contributed by atoms with Gasteiger partial charge in [0, 0.05) is 5.56 Å². The van der Waals surface area contributed by atoms with Gasteiger partial charge in [-0.2, -0.15) is 11.8 Å². The smallest absolute Gasteiger partial charge is 0.548 e. The number of carboxylic acids is 1. The maximum atomic E-state index is 12.3. The van der Waals surface area contributed by atoms with Gasteiger partial charge < -0.3 is 29.4 Å². The number of carbonyl (C=O) groups excluding carboxylic acids is 2. The van der Waals surface area contributed by atoms with Crippen LogP contribution in [0, 0.1) is 0 Å². The molecule has 1 amide bonds. The molecule has 0 aliphatic heterocycles. The summed E-state index contributed by atoms with van der Waals surface area (Å²) in [6.07, 6.45) is 2.13. The number of methoxy groups -OCH3 is 3. The van der Waals surface area contributed by atoms with Gasteiger partial charge in [0.15, 0.2) is 11.5 Å². The number of carboxylic acid groups (broad SMARTS) is 1. The number of nitrogens with one attached hydrogen (secondary N) is 1. The van der Waals surface area contributed by atoms with E-state index in [4.69, 9.17) is 14.2 Å². The largest absolute Gasteiger partial charge is 1.00 e. The van der Waals surface area contributed by atoms with Gasteiger partial charge in [0.1, 0.15) is 0 Å². The van der Waals surface area contributed by atoms with E-state index in [0.717, 1.165) is 0 Å². The van der Waals surface area contributed by atoms with Crippen molar-refractivity contribution in [2.24, 2.45) is 0 Å². The molecule has 1 aromatic rings. The van der Waals surface area contributed by atoms with Crippen LogP contribution >= 0.6 is 11.8 Å². The van der Waals surface area contributed by atoms with Crippen LogP contribution < -0.4 is 76.0 Å². The van der Waals surface area contributed by atoms with Crippen molar-refractivity contribution in [1.29, 1.82) is 0 Å². The topological polar surface area (TPSA) is 96.9 Å². The van der Waals surface area contributed by atoms with Crippen LogP contribution in [0.4, 0.5) is 0 Å². The Morgan fingerprint density at radius 3 is 2.08 bits per heavy atom. The number of rotatable bonds is 9. The minimum absolute atomic E-state index is 0. The van der Waals surface area contributed by atoms with E-state index in [-0.39, 0.29) is 63.4 Å². The summed E-state index contributed by atoms with van der Waals surface area (Å²) in [4.78, 5) is 23.4. The third-order valence-corrected chi connectivity index (χ3v) is 3.77. The second kappa shape index (κ2) is 12.0. The summed E-state index contributed by atoms with van der Waals surface area (Å²) in [6, 6.07) is 1.85. The summed E-state index contributed by atoms with van der Waals surface area (Å²) in [7, 11) is 4.32. The molecule has 0 aliphatic rings. The zero-order valence-electron chi connectivity index (χ0n) is 14.5. The predicted molar refractivity (Wildman–Crippen MR) is 85.4 cm³/mol. The van der Waals surface area contributed by atoms with Crippen LogP contribution in [0.1, 0.15) is 16.8 Å². The zero-order valence-corrected chi connectivity index (χ0v) is 18.4. The molecular weight excluding hydrogens is 361 g/mol. The summed E-state index contributed by atoms with van der Waals surface area (Å²) in [5, 5.41) is 13.6. The Labute approximate surface area is 188 Å². The number of amides is 1. The van der Waals surface area contributed by atoms with Gasteiger partial charge in [0.05, 0.1) is 33.3 Å². The molecule has 0 radical (unpaired) electrons. The molecule has 0 bridgehead atoms. The molecule has 1 unspecified atom stereocenters. The fraction of sp³-hybridized carbons (Fsp3) is 0.467. The van der Waals surface area contributed by atoms with Gasteiger partial charge in [-0.15, -0.1) is 0 Å². The van der Waals surface area contributed by atoms with Crippen molar-refractivity contribution in [3.8, 4) is 17.2 Å². The standard InChI is InChI=1S/C15H21NO6S.K/c1-20-11-7-9(8-12(21-2)13(11)22-3)14(17)16-10(15(18)19)5-6-23-4;/h7-8,10H,5-6H2,1-4H3,(H,16,17)(H,18,19);/q;+1/p-1. The minimum atomic E-state index is -1.32. The molecule has 7 nitrogen and oxygen atoms in total. The average molecular weight is 381 g/mol. The first-order valence-corrected chi connectivity index (χ1v) is 8.18. The van der Waals surface area contributed by atoms with E-state index in [1.807, 2.05) is 6.26 Å². The molecule has 128 valence electrons. The second-order valence-corrected chi connectivity index (χ2v) is 5.53. The molecule has 24 heavy (non-hydrogen) atoms. The fourth-order valence-electron chi connectivity index (χ4n) is 1.94. The van der Waals surface area contributed by atoms with Gasteiger partial charge in [-0.1, -0.05) is 0 Å². The normalized spacial score (nSPS) is 11.0. The van der Waals surface area contributed by atoms with E-state index in [2.05, 4.69) is 5.32 Å². The van der Waals surface area contributed by atoms with Crippen molar-refractivity contribution in [2.75, 3.05) is 33.3 Å². The number of aliphatic carboxylic acids is 1. The van der Waals surface area contributed by atoms with Gasteiger partial charge in [0.25, 0.3) is 5.91 Å². The number of carbonyl (C=O) groups is 2. The molecule has 0 aliphatic carbocycles. The summed E-state index contributed by atoms with van der Waals surface area (Å²) < 4.78 is 15.5. The van der Waals surface area contributed by atoms with Crippen LogP contribution in [0.25, 0.3) is 0 Å². The van der Waals surface area contributed by atoms with Crippen LogP contribution in [-0.2, 0) is 4.79 Å². The molecule has 0 saturated carbocycles. The first kappa shape index (κ1) is 23.5. The van der Waals surface area contributed by atoms with Crippen LogP contribution in [0.3, 0.4) is 0 Å². The van der Waals surface area contributed by atoms with Crippen molar-refractivity contribution in [2.45, 2.75) is 12.5 Å². The van der Waals surface area contributed by atoms with E-state index >= 15 is 0 Å². The van der Waals surface area contributed by atoms with Gasteiger partial charge in [0.2, 0.25) is 5.75 Å². The molecular formula is C15H20KNO6S. The molecule has 0 spiro atoms. The monoisotopic (exact) mass is 381 g/mol. The minimum Gasteiger partial charge on any atom is -0.548 e. The van der Waals surface area contributed by atoms with Gasteiger partial charge in [-0.25, -0.2) is 0 Å². The molecule has 0 fully saturated rings. The first-order valence-electron chi connectivity index (χ1n) is 6.79. The molecule has 0 saturated heterocycles. The van der Waals surface area contributed by atoms with E-state index in [1.165, 1.54) is 45.2 Å². The van der Waals surface area contributed by atoms with E-state index in [1.54, 1.807) is 0 Å². The zero-order chi connectivity index (χ0) is 17.4. The summed E-state index contributed by atoms with van der Waals surface area (Å²) in [6.45, 7) is 0. The average Bonchev–Trinajstić information content (AvgIpc) is 2.56. The van der Waals surface area contributed by atoms with Crippen molar-refractivity contribution in [3.63, 3.8) is 0 Å². The quantitative estimate of drug-likeness (QED) is 0.466. The maximum absolute atomic E-state index is 12.3. The predicted octanol–water partition coefficient (Wildman–Crippen LogP) is -2.68. The van der Waals surface area contributed by atoms with Gasteiger partial charge in [-0.3, -0.25) is 4.79 Å². The van der Waals surface area contributed by atoms with Gasteiger partial charge in [-0.05, 0) is 30.6 Å². The SMILES string of the molecule is COc1cc(C(=O)NC(CCSC)C(=O)[O-])cc(OC)c1OC.[K+]. The summed E-state index contributed by atoms with van der Waals surface area (Å²) >= 11 is 1.49. The Hall–Kier alpha value is -0.454. The number of hydrogen-bond acceptors (Lipinski definition) is 7. The van der Waals surface area contributed by atoms with Crippen molar-refractivity contribution in [1.82, 2.24) is 5.32 Å². The van der Waals surface area contributed by atoms with Crippen molar-refractivity contribution >= 4 is 23.6 Å². The fourth-order valence-corrected chi connectivity index (χ4v) is 2.41. The van der Waals surface area contributed by atoms with E-state index < -0.39 is 17.9 Å². The Morgan fingerprint density at radius 1 is 1.17 bits per heavy atom. The molecule has 0 aromatic heterocycles. The van der Waals surface area contributed by atoms with Crippen LogP contribution in [0.15, 0.2) is 12.1 Å². The summed E-state index contributed by atoms with van der Waals surface area (Å²) in [5.74, 6) is -0.309. The Kier molecular flexibility index (Phi) is 11.8.